The Morgan fingerprint density at radius 3 is 3.00 bits per heavy atom. The van der Waals surface area contributed by atoms with Crippen LogP contribution < -0.4 is 5.73 Å². The van der Waals surface area contributed by atoms with Crippen LogP contribution in [-0.4, -0.2) is 30.4 Å². The summed E-state index contributed by atoms with van der Waals surface area (Å²) in [4.78, 5) is 14.0. The maximum Gasteiger partial charge on any atom is 0.222 e. The molecule has 1 atom stereocenters. The van der Waals surface area contributed by atoms with Crippen molar-refractivity contribution in [3.05, 3.63) is 33.3 Å². The minimum absolute atomic E-state index is 0.201. The Bertz CT molecular complexity index is 467. The van der Waals surface area contributed by atoms with Gasteiger partial charge >= 0.3 is 0 Å². The molecule has 5 heteroatoms. The second-order valence-electron chi connectivity index (χ2n) is 4.94. The number of rotatable bonds is 4. The number of likely N-dealkylation sites (tertiary alicyclic amines) is 1. The molecule has 19 heavy (non-hydrogen) atoms. The van der Waals surface area contributed by atoms with Crippen LogP contribution in [-0.2, 0) is 11.2 Å². The summed E-state index contributed by atoms with van der Waals surface area (Å²) in [5.74, 6) is 0.672. The van der Waals surface area contributed by atoms with E-state index in [0.717, 1.165) is 29.5 Å². The third-order valence-electron chi connectivity index (χ3n) is 3.61. The lowest BCUT2D eigenvalue weighted by molar-refractivity contribution is -0.130. The van der Waals surface area contributed by atoms with Gasteiger partial charge in [0.1, 0.15) is 0 Å². The van der Waals surface area contributed by atoms with E-state index in [1.54, 1.807) is 0 Å². The Balaban J connectivity index is 1.89. The van der Waals surface area contributed by atoms with Crippen LogP contribution in [0.15, 0.2) is 22.7 Å². The van der Waals surface area contributed by atoms with Crippen LogP contribution in [0.5, 0.6) is 0 Å². The molecule has 1 amide bonds. The molecule has 0 spiro atoms. The van der Waals surface area contributed by atoms with E-state index in [1.807, 2.05) is 23.1 Å². The molecule has 1 aliphatic rings. The highest BCUT2D eigenvalue weighted by Crippen LogP contribution is 2.27. The molecule has 1 fully saturated rings. The molecule has 1 heterocycles. The molecule has 0 bridgehead atoms. The van der Waals surface area contributed by atoms with E-state index in [1.165, 1.54) is 0 Å². The smallest absolute Gasteiger partial charge is 0.222 e. The number of nitrogens with two attached hydrogens (primary N) is 1. The van der Waals surface area contributed by atoms with Gasteiger partial charge in [-0.1, -0.05) is 23.7 Å². The average molecular weight is 346 g/mol. The second kappa shape index (κ2) is 6.73. The number of hydrogen-bond acceptors (Lipinski definition) is 2. The van der Waals surface area contributed by atoms with E-state index in [0.29, 0.717) is 30.3 Å². The minimum Gasteiger partial charge on any atom is -0.342 e. The number of hydrogen-bond donors (Lipinski definition) is 1. The van der Waals surface area contributed by atoms with Gasteiger partial charge in [0.15, 0.2) is 0 Å². The Morgan fingerprint density at radius 2 is 2.32 bits per heavy atom. The Morgan fingerprint density at radius 1 is 1.53 bits per heavy atom. The van der Waals surface area contributed by atoms with Gasteiger partial charge in [-0.25, -0.2) is 0 Å². The van der Waals surface area contributed by atoms with Crippen molar-refractivity contribution < 1.29 is 4.79 Å². The Hall–Kier alpha value is -0.580. The summed E-state index contributed by atoms with van der Waals surface area (Å²) < 4.78 is 0.878. The number of carbonyl (C=O) groups excluding carboxylic acids is 1. The largest absolute Gasteiger partial charge is 0.342 e. The molecule has 2 N–H and O–H groups in total. The van der Waals surface area contributed by atoms with Crippen molar-refractivity contribution in [2.24, 2.45) is 11.7 Å². The summed E-state index contributed by atoms with van der Waals surface area (Å²) in [6.07, 6.45) is 2.22. The number of aryl methyl sites for hydroxylation is 1. The third-order valence-corrected chi connectivity index (χ3v) is 4.95. The number of nitrogens with zero attached hydrogens (tertiary/aromatic N) is 1. The Kier molecular flexibility index (Phi) is 5.25. The van der Waals surface area contributed by atoms with Crippen LogP contribution in [0.25, 0.3) is 0 Å². The normalized spacial score (nSPS) is 18.9. The lowest BCUT2D eigenvalue weighted by Gasteiger charge is -2.16. The van der Waals surface area contributed by atoms with E-state index < -0.39 is 0 Å². The first-order chi connectivity index (χ1) is 9.11. The van der Waals surface area contributed by atoms with Crippen LogP contribution >= 0.6 is 27.5 Å². The highest BCUT2D eigenvalue weighted by Gasteiger charge is 2.24. The number of halogens is 2. The average Bonchev–Trinajstić information content (AvgIpc) is 2.89. The zero-order valence-electron chi connectivity index (χ0n) is 10.7. The lowest BCUT2D eigenvalue weighted by Crippen LogP contribution is -2.30. The zero-order chi connectivity index (χ0) is 13.8. The van der Waals surface area contributed by atoms with Crippen molar-refractivity contribution in [1.29, 1.82) is 0 Å². The fraction of sp³-hybridized carbons (Fsp3) is 0.500. The van der Waals surface area contributed by atoms with Gasteiger partial charge in [-0.15, -0.1) is 0 Å². The molecule has 1 aromatic rings. The molecule has 3 nitrogen and oxygen atoms in total. The predicted octanol–water partition coefficient (Wildman–Crippen LogP) is 2.84. The van der Waals surface area contributed by atoms with Gasteiger partial charge in [0.05, 0.1) is 5.02 Å². The summed E-state index contributed by atoms with van der Waals surface area (Å²) in [6.45, 7) is 2.32. The molecule has 0 radical (unpaired) electrons. The molecule has 1 aliphatic heterocycles. The first-order valence-corrected chi connectivity index (χ1v) is 7.69. The summed E-state index contributed by atoms with van der Waals surface area (Å²) in [5.41, 5.74) is 6.65. The molecule has 2 rings (SSSR count). The van der Waals surface area contributed by atoms with Crippen molar-refractivity contribution in [2.45, 2.75) is 19.3 Å². The summed E-state index contributed by atoms with van der Waals surface area (Å²) in [5, 5.41) is 0.705. The van der Waals surface area contributed by atoms with Crippen molar-refractivity contribution >= 4 is 33.4 Å². The van der Waals surface area contributed by atoms with Gasteiger partial charge in [0, 0.05) is 24.0 Å². The van der Waals surface area contributed by atoms with Crippen molar-refractivity contribution in [3.8, 4) is 0 Å². The Labute approximate surface area is 127 Å². The molecule has 1 saturated heterocycles. The van der Waals surface area contributed by atoms with Gasteiger partial charge in [-0.05, 0) is 52.9 Å². The first-order valence-electron chi connectivity index (χ1n) is 6.52. The molecule has 104 valence electrons. The third kappa shape index (κ3) is 3.71. The second-order valence-corrected chi connectivity index (χ2v) is 6.18. The summed E-state index contributed by atoms with van der Waals surface area (Å²) >= 11 is 9.59. The van der Waals surface area contributed by atoms with Crippen LogP contribution in [0.1, 0.15) is 18.4 Å². The lowest BCUT2D eigenvalue weighted by atomic mass is 10.1. The number of benzene rings is 1. The summed E-state index contributed by atoms with van der Waals surface area (Å²) in [6, 6.07) is 5.81. The van der Waals surface area contributed by atoms with Crippen molar-refractivity contribution in [1.82, 2.24) is 4.90 Å². The minimum atomic E-state index is 0.201. The quantitative estimate of drug-likeness (QED) is 0.912. The SMILES string of the molecule is NCC1CCN(C(=O)CCc2cccc(Br)c2Cl)C1. The van der Waals surface area contributed by atoms with Gasteiger partial charge in [-0.3, -0.25) is 4.79 Å². The van der Waals surface area contributed by atoms with Crippen LogP contribution in [0, 0.1) is 5.92 Å². The van der Waals surface area contributed by atoms with E-state index in [9.17, 15) is 4.79 Å². The van der Waals surface area contributed by atoms with Gasteiger partial charge < -0.3 is 10.6 Å². The predicted molar refractivity (Wildman–Crippen MR) is 81.2 cm³/mol. The fourth-order valence-corrected chi connectivity index (χ4v) is 3.02. The zero-order valence-corrected chi connectivity index (χ0v) is 13.1. The fourth-order valence-electron chi connectivity index (χ4n) is 2.39. The maximum atomic E-state index is 12.1. The molecule has 0 aliphatic carbocycles. The number of carbonyl (C=O) groups is 1. The molecule has 0 saturated carbocycles. The van der Waals surface area contributed by atoms with E-state index >= 15 is 0 Å². The highest BCUT2D eigenvalue weighted by molar-refractivity contribution is 9.10. The first kappa shape index (κ1) is 14.8. The summed E-state index contributed by atoms with van der Waals surface area (Å²) in [7, 11) is 0. The van der Waals surface area contributed by atoms with Crippen molar-refractivity contribution in [3.63, 3.8) is 0 Å². The van der Waals surface area contributed by atoms with E-state index in [4.69, 9.17) is 17.3 Å². The molecule has 1 aromatic carbocycles. The molecule has 1 unspecified atom stereocenters. The van der Waals surface area contributed by atoms with Crippen molar-refractivity contribution in [2.75, 3.05) is 19.6 Å². The maximum absolute atomic E-state index is 12.1. The van der Waals surface area contributed by atoms with E-state index in [-0.39, 0.29) is 5.91 Å². The van der Waals surface area contributed by atoms with Crippen LogP contribution in [0.4, 0.5) is 0 Å². The monoisotopic (exact) mass is 344 g/mol. The highest BCUT2D eigenvalue weighted by atomic mass is 79.9. The standard InChI is InChI=1S/C14H18BrClN2O/c15-12-3-1-2-11(14(12)16)4-5-13(19)18-7-6-10(8-17)9-18/h1-3,10H,4-9,17H2. The molecular weight excluding hydrogens is 328 g/mol. The molecular formula is C14H18BrClN2O. The van der Waals surface area contributed by atoms with Crippen LogP contribution in [0.2, 0.25) is 5.02 Å². The number of amides is 1. The van der Waals surface area contributed by atoms with Gasteiger partial charge in [0.25, 0.3) is 0 Å². The van der Waals surface area contributed by atoms with Gasteiger partial charge in [-0.2, -0.15) is 0 Å². The topological polar surface area (TPSA) is 46.3 Å². The van der Waals surface area contributed by atoms with Gasteiger partial charge in [0.2, 0.25) is 5.91 Å². The van der Waals surface area contributed by atoms with E-state index in [2.05, 4.69) is 15.9 Å². The molecule has 0 aromatic heterocycles. The van der Waals surface area contributed by atoms with Crippen LogP contribution in [0.3, 0.4) is 0 Å².